The molecule has 1 heterocycles. The van der Waals surface area contributed by atoms with Gasteiger partial charge in [0.2, 0.25) is 5.91 Å². The van der Waals surface area contributed by atoms with Crippen molar-refractivity contribution in [3.63, 3.8) is 0 Å². The maximum absolute atomic E-state index is 11.7. The molecule has 0 unspecified atom stereocenters. The number of carbonyl (C=O) groups is 2. The van der Waals surface area contributed by atoms with Crippen molar-refractivity contribution in [2.75, 3.05) is 45.8 Å². The second-order valence-electron chi connectivity index (χ2n) is 5.60. The molecule has 140 valence electrons. The van der Waals surface area contributed by atoms with Gasteiger partial charge in [0.15, 0.2) is 0 Å². The zero-order valence-corrected chi connectivity index (χ0v) is 15.6. The van der Waals surface area contributed by atoms with Crippen molar-refractivity contribution in [3.05, 3.63) is 34.9 Å². The molecule has 0 radical (unpaired) electrons. The Kier molecular flexibility index (Phi) is 10.3. The average molecular weight is 390 g/mol. The first-order chi connectivity index (χ1) is 11.6. The average Bonchev–Trinajstić information content (AvgIpc) is 2.60. The van der Waals surface area contributed by atoms with E-state index in [2.05, 4.69) is 26.2 Å². The van der Waals surface area contributed by atoms with Crippen LogP contribution in [0.25, 0.3) is 0 Å². The fourth-order valence-electron chi connectivity index (χ4n) is 2.36. The molecule has 0 atom stereocenters. The Balaban J connectivity index is 0.00000312. The molecule has 0 bridgehead atoms. The Hall–Kier alpha value is -1.54. The van der Waals surface area contributed by atoms with Gasteiger partial charge in [0.05, 0.1) is 6.54 Å². The summed E-state index contributed by atoms with van der Waals surface area (Å²) in [6.07, 6.45) is 0. The fourth-order valence-corrected chi connectivity index (χ4v) is 2.48. The zero-order chi connectivity index (χ0) is 17.2. The third kappa shape index (κ3) is 8.92. The molecule has 4 N–H and O–H groups in total. The summed E-state index contributed by atoms with van der Waals surface area (Å²) < 4.78 is 0. The number of nitrogens with zero attached hydrogens (tertiary/aromatic N) is 1. The van der Waals surface area contributed by atoms with E-state index in [1.54, 1.807) is 12.1 Å². The van der Waals surface area contributed by atoms with Crippen LogP contribution in [0.1, 0.15) is 5.56 Å². The lowest BCUT2D eigenvalue weighted by Crippen LogP contribution is -2.47. The monoisotopic (exact) mass is 389 g/mol. The van der Waals surface area contributed by atoms with Gasteiger partial charge in [0.25, 0.3) is 0 Å². The van der Waals surface area contributed by atoms with Gasteiger partial charge in [0.1, 0.15) is 0 Å². The van der Waals surface area contributed by atoms with Crippen LogP contribution in [0.3, 0.4) is 0 Å². The summed E-state index contributed by atoms with van der Waals surface area (Å²) in [4.78, 5) is 25.7. The summed E-state index contributed by atoms with van der Waals surface area (Å²) in [5.74, 6) is -0.188. The molecule has 0 saturated carbocycles. The van der Waals surface area contributed by atoms with E-state index in [1.807, 2.05) is 12.1 Å². The second-order valence-corrected chi connectivity index (χ2v) is 6.04. The highest BCUT2D eigenvalue weighted by molar-refractivity contribution is 6.30. The summed E-state index contributed by atoms with van der Waals surface area (Å²) in [6.45, 7) is 5.75. The molecule has 1 saturated heterocycles. The first-order valence-electron chi connectivity index (χ1n) is 8.09. The van der Waals surface area contributed by atoms with E-state index in [4.69, 9.17) is 11.6 Å². The molecule has 0 spiro atoms. The van der Waals surface area contributed by atoms with Crippen LogP contribution in [-0.4, -0.2) is 62.7 Å². The third-order valence-corrected chi connectivity index (χ3v) is 3.99. The summed E-state index contributed by atoms with van der Waals surface area (Å²) in [6, 6.07) is 6.84. The minimum atomic E-state index is -0.373. The van der Waals surface area contributed by atoms with Gasteiger partial charge >= 0.3 is 6.03 Å². The Labute approximate surface area is 159 Å². The number of carbonyl (C=O) groups excluding carboxylic acids is 2. The van der Waals surface area contributed by atoms with Crippen molar-refractivity contribution >= 4 is 35.9 Å². The van der Waals surface area contributed by atoms with E-state index in [1.165, 1.54) is 0 Å². The normalized spacial score (nSPS) is 14.3. The highest BCUT2D eigenvalue weighted by atomic mass is 35.5. The van der Waals surface area contributed by atoms with Crippen LogP contribution in [0, 0.1) is 0 Å². The molecule has 9 heteroatoms. The molecule has 25 heavy (non-hydrogen) atoms. The number of amides is 3. The van der Waals surface area contributed by atoms with Gasteiger partial charge in [-0.1, -0.05) is 23.7 Å². The quantitative estimate of drug-likeness (QED) is 0.549. The van der Waals surface area contributed by atoms with Crippen LogP contribution in [0.2, 0.25) is 5.02 Å². The van der Waals surface area contributed by atoms with Crippen molar-refractivity contribution < 1.29 is 9.59 Å². The molecule has 3 amide bonds. The first-order valence-corrected chi connectivity index (χ1v) is 8.47. The lowest BCUT2D eigenvalue weighted by atomic mass is 10.2. The van der Waals surface area contributed by atoms with E-state index < -0.39 is 0 Å². The SMILES string of the molecule is Cl.O=C(CNC(=O)NCc1ccc(Cl)cc1)NCCN1CCNCC1. The number of urea groups is 1. The number of nitrogens with one attached hydrogen (secondary N) is 4. The van der Waals surface area contributed by atoms with Gasteiger partial charge in [0, 0.05) is 50.8 Å². The number of hydrogen-bond donors (Lipinski definition) is 4. The van der Waals surface area contributed by atoms with Crippen LogP contribution in [0.5, 0.6) is 0 Å². The molecule has 1 fully saturated rings. The number of piperazine rings is 1. The Morgan fingerprint density at radius 3 is 2.44 bits per heavy atom. The van der Waals surface area contributed by atoms with Crippen molar-refractivity contribution in [1.29, 1.82) is 0 Å². The van der Waals surface area contributed by atoms with Gasteiger partial charge in [-0.05, 0) is 17.7 Å². The molecule has 1 aliphatic heterocycles. The van der Waals surface area contributed by atoms with Gasteiger partial charge in [-0.3, -0.25) is 9.69 Å². The fraction of sp³-hybridized carbons (Fsp3) is 0.500. The Morgan fingerprint density at radius 2 is 1.76 bits per heavy atom. The highest BCUT2D eigenvalue weighted by Crippen LogP contribution is 2.08. The smallest absolute Gasteiger partial charge is 0.315 e. The van der Waals surface area contributed by atoms with Crippen molar-refractivity contribution in [1.82, 2.24) is 26.2 Å². The first kappa shape index (κ1) is 21.5. The molecule has 1 aromatic rings. The zero-order valence-electron chi connectivity index (χ0n) is 14.0. The van der Waals surface area contributed by atoms with Crippen molar-refractivity contribution in [3.8, 4) is 0 Å². The lowest BCUT2D eigenvalue weighted by Gasteiger charge is -2.27. The maximum atomic E-state index is 11.7. The van der Waals surface area contributed by atoms with E-state index in [0.29, 0.717) is 18.1 Å². The Bertz CT molecular complexity index is 536. The largest absolute Gasteiger partial charge is 0.353 e. The number of hydrogen-bond acceptors (Lipinski definition) is 4. The number of benzene rings is 1. The molecular weight excluding hydrogens is 365 g/mol. The van der Waals surface area contributed by atoms with Gasteiger partial charge in [-0.15, -0.1) is 12.4 Å². The predicted molar refractivity (Wildman–Crippen MR) is 101 cm³/mol. The van der Waals surface area contributed by atoms with Gasteiger partial charge in [-0.25, -0.2) is 4.79 Å². The molecular formula is C16H25Cl2N5O2. The molecule has 0 aromatic heterocycles. The maximum Gasteiger partial charge on any atom is 0.315 e. The summed E-state index contributed by atoms with van der Waals surface area (Å²) in [7, 11) is 0. The molecule has 1 aliphatic rings. The number of halogens is 2. The highest BCUT2D eigenvalue weighted by Gasteiger charge is 2.09. The topological polar surface area (TPSA) is 85.5 Å². The lowest BCUT2D eigenvalue weighted by molar-refractivity contribution is -0.120. The van der Waals surface area contributed by atoms with E-state index >= 15 is 0 Å². The summed E-state index contributed by atoms with van der Waals surface area (Å²) in [5.41, 5.74) is 0.940. The summed E-state index contributed by atoms with van der Waals surface area (Å²) in [5, 5.41) is 12.0. The van der Waals surface area contributed by atoms with Crippen molar-refractivity contribution in [2.45, 2.75) is 6.54 Å². The molecule has 2 rings (SSSR count). The van der Waals surface area contributed by atoms with Gasteiger partial charge in [-0.2, -0.15) is 0 Å². The van der Waals surface area contributed by atoms with Crippen LogP contribution >= 0.6 is 24.0 Å². The Morgan fingerprint density at radius 1 is 1.08 bits per heavy atom. The second kappa shape index (κ2) is 11.9. The molecule has 0 aliphatic carbocycles. The van der Waals surface area contributed by atoms with Crippen LogP contribution < -0.4 is 21.3 Å². The van der Waals surface area contributed by atoms with E-state index in [0.717, 1.165) is 38.3 Å². The predicted octanol–water partition coefficient (Wildman–Crippen LogP) is 0.582. The molecule has 1 aromatic carbocycles. The molecule has 7 nitrogen and oxygen atoms in total. The van der Waals surface area contributed by atoms with Crippen LogP contribution in [0.15, 0.2) is 24.3 Å². The third-order valence-electron chi connectivity index (χ3n) is 3.74. The minimum absolute atomic E-state index is 0. The van der Waals surface area contributed by atoms with Crippen LogP contribution in [0.4, 0.5) is 4.79 Å². The van der Waals surface area contributed by atoms with Crippen molar-refractivity contribution in [2.24, 2.45) is 0 Å². The van der Waals surface area contributed by atoms with Gasteiger partial charge < -0.3 is 21.3 Å². The van der Waals surface area contributed by atoms with E-state index in [9.17, 15) is 9.59 Å². The standard InChI is InChI=1S/C16H24ClN5O2.ClH/c17-14-3-1-13(2-4-14)11-20-16(24)21-12-15(23)19-7-10-22-8-5-18-6-9-22;/h1-4,18H,5-12H2,(H,19,23)(H2,20,21,24);1H. The summed E-state index contributed by atoms with van der Waals surface area (Å²) >= 11 is 5.80. The van der Waals surface area contributed by atoms with E-state index in [-0.39, 0.29) is 30.9 Å². The van der Waals surface area contributed by atoms with Crippen LogP contribution in [-0.2, 0) is 11.3 Å². The number of rotatable bonds is 7. The minimum Gasteiger partial charge on any atom is -0.353 e.